The summed E-state index contributed by atoms with van der Waals surface area (Å²) in [5.74, 6) is 0.774. The number of hydrogen-bond donors (Lipinski definition) is 1. The fourth-order valence-corrected chi connectivity index (χ4v) is 2.65. The van der Waals surface area contributed by atoms with Crippen LogP contribution in [0.5, 0.6) is 0 Å². The third kappa shape index (κ3) is 2.02. The summed E-state index contributed by atoms with van der Waals surface area (Å²) in [5, 5.41) is 11.1. The van der Waals surface area contributed by atoms with Crippen LogP contribution in [0.15, 0.2) is 28.7 Å². The minimum absolute atomic E-state index is 0.591. The molecule has 0 saturated heterocycles. The van der Waals surface area contributed by atoms with Crippen molar-refractivity contribution in [1.29, 1.82) is 0 Å². The van der Waals surface area contributed by atoms with Crippen molar-refractivity contribution < 1.29 is 4.42 Å². The molecule has 1 aromatic carbocycles. The molecule has 0 bridgehead atoms. The topological polar surface area (TPSA) is 64.9 Å². The fraction of sp³-hybridized carbons (Fsp3) is 0.231. The molecule has 0 fully saturated rings. The van der Waals surface area contributed by atoms with Gasteiger partial charge in [0.1, 0.15) is 10.6 Å². The summed E-state index contributed by atoms with van der Waals surface area (Å²) in [6, 6.07) is 8.13. The van der Waals surface area contributed by atoms with Gasteiger partial charge in [-0.1, -0.05) is 23.0 Å². The van der Waals surface area contributed by atoms with Gasteiger partial charge in [-0.15, -0.1) is 10.2 Å². The lowest BCUT2D eigenvalue weighted by molar-refractivity contribution is 0.629. The molecule has 5 heteroatoms. The van der Waals surface area contributed by atoms with E-state index in [-0.39, 0.29) is 0 Å². The molecule has 18 heavy (non-hydrogen) atoms. The Morgan fingerprint density at radius 3 is 3.00 bits per heavy atom. The summed E-state index contributed by atoms with van der Waals surface area (Å²) in [6.45, 7) is 2.66. The predicted molar refractivity (Wildman–Crippen MR) is 72.6 cm³/mol. The zero-order valence-electron chi connectivity index (χ0n) is 10.0. The molecule has 0 atom stereocenters. The number of nitrogens with zero attached hydrogens (tertiary/aromatic N) is 2. The van der Waals surface area contributed by atoms with Crippen LogP contribution in [-0.2, 0) is 6.42 Å². The lowest BCUT2D eigenvalue weighted by atomic mass is 10.2. The van der Waals surface area contributed by atoms with Crippen LogP contribution in [0.25, 0.3) is 21.7 Å². The van der Waals surface area contributed by atoms with E-state index in [1.165, 1.54) is 16.9 Å². The highest BCUT2D eigenvalue weighted by Gasteiger charge is 2.11. The minimum Gasteiger partial charge on any atom is -0.453 e. The Hall–Kier alpha value is -1.72. The molecular weight excluding hydrogens is 246 g/mol. The van der Waals surface area contributed by atoms with E-state index in [0.29, 0.717) is 6.54 Å². The molecular formula is C13H13N3OS. The third-order valence-corrected chi connectivity index (χ3v) is 3.71. The van der Waals surface area contributed by atoms with E-state index in [1.54, 1.807) is 0 Å². The number of nitrogens with two attached hydrogens (primary N) is 1. The first-order chi connectivity index (χ1) is 8.76. The van der Waals surface area contributed by atoms with Crippen molar-refractivity contribution in [2.75, 3.05) is 6.54 Å². The molecule has 0 unspecified atom stereocenters. The van der Waals surface area contributed by atoms with E-state index < -0.39 is 0 Å². The average molecular weight is 259 g/mol. The molecule has 0 aliphatic heterocycles. The van der Waals surface area contributed by atoms with Gasteiger partial charge in [-0.2, -0.15) is 0 Å². The second-order valence-electron chi connectivity index (χ2n) is 4.19. The molecule has 0 saturated carbocycles. The van der Waals surface area contributed by atoms with Crippen LogP contribution < -0.4 is 5.73 Å². The molecule has 0 amide bonds. The van der Waals surface area contributed by atoms with Crippen molar-refractivity contribution in [2.45, 2.75) is 13.3 Å². The Morgan fingerprint density at radius 2 is 2.17 bits per heavy atom. The first-order valence-corrected chi connectivity index (χ1v) is 6.61. The lowest BCUT2D eigenvalue weighted by Crippen LogP contribution is -2.01. The summed E-state index contributed by atoms with van der Waals surface area (Å²) in [5.41, 5.74) is 7.60. The zero-order chi connectivity index (χ0) is 12.5. The Balaban J connectivity index is 2.02. The second-order valence-corrected chi connectivity index (χ2v) is 5.25. The number of fused-ring (bicyclic) bond motifs is 1. The molecule has 92 valence electrons. The van der Waals surface area contributed by atoms with E-state index >= 15 is 0 Å². The third-order valence-electron chi connectivity index (χ3n) is 2.71. The Morgan fingerprint density at radius 1 is 1.28 bits per heavy atom. The Kier molecular flexibility index (Phi) is 2.85. The maximum Gasteiger partial charge on any atom is 0.183 e. The molecule has 2 heterocycles. The highest BCUT2D eigenvalue weighted by atomic mass is 32.1. The zero-order valence-corrected chi connectivity index (χ0v) is 10.8. The second kappa shape index (κ2) is 4.51. The van der Waals surface area contributed by atoms with Crippen LogP contribution in [0.1, 0.15) is 10.6 Å². The summed E-state index contributed by atoms with van der Waals surface area (Å²) in [7, 11) is 0. The Labute approximate surface area is 108 Å². The van der Waals surface area contributed by atoms with Crippen LogP contribution in [0.4, 0.5) is 0 Å². The van der Waals surface area contributed by atoms with Crippen molar-refractivity contribution >= 4 is 22.3 Å². The van der Waals surface area contributed by atoms with Gasteiger partial charge in [-0.25, -0.2) is 0 Å². The SMILES string of the molecule is Cc1ccc2oc(-c3nnc(CCN)s3)cc2c1. The number of hydrogen-bond acceptors (Lipinski definition) is 5. The quantitative estimate of drug-likeness (QED) is 0.785. The van der Waals surface area contributed by atoms with Crippen LogP contribution in [0, 0.1) is 6.92 Å². The number of benzene rings is 1. The van der Waals surface area contributed by atoms with Crippen LogP contribution >= 0.6 is 11.3 Å². The van der Waals surface area contributed by atoms with Gasteiger partial charge in [0, 0.05) is 11.8 Å². The van der Waals surface area contributed by atoms with Crippen LogP contribution in [0.3, 0.4) is 0 Å². The summed E-state index contributed by atoms with van der Waals surface area (Å²) < 4.78 is 5.78. The largest absolute Gasteiger partial charge is 0.453 e. The molecule has 4 nitrogen and oxygen atoms in total. The van der Waals surface area contributed by atoms with Crippen molar-refractivity contribution in [3.8, 4) is 10.8 Å². The van der Waals surface area contributed by atoms with E-state index in [4.69, 9.17) is 10.2 Å². The molecule has 0 radical (unpaired) electrons. The highest BCUT2D eigenvalue weighted by molar-refractivity contribution is 7.14. The van der Waals surface area contributed by atoms with Crippen molar-refractivity contribution in [3.63, 3.8) is 0 Å². The molecule has 0 aliphatic carbocycles. The molecule has 3 aromatic rings. The molecule has 2 aromatic heterocycles. The van der Waals surface area contributed by atoms with E-state index in [0.717, 1.165) is 33.2 Å². The van der Waals surface area contributed by atoms with Gasteiger partial charge in [-0.3, -0.25) is 0 Å². The minimum atomic E-state index is 0.591. The number of furan rings is 1. The highest BCUT2D eigenvalue weighted by Crippen LogP contribution is 2.30. The maximum atomic E-state index is 5.78. The number of aromatic nitrogens is 2. The summed E-state index contributed by atoms with van der Waals surface area (Å²) in [6.07, 6.45) is 0.761. The maximum absolute atomic E-state index is 5.78. The predicted octanol–water partition coefficient (Wildman–Crippen LogP) is 2.76. The average Bonchev–Trinajstić information content (AvgIpc) is 2.94. The summed E-state index contributed by atoms with van der Waals surface area (Å²) >= 11 is 1.53. The van der Waals surface area contributed by atoms with Gasteiger partial charge >= 0.3 is 0 Å². The van der Waals surface area contributed by atoms with Gasteiger partial charge in [0.25, 0.3) is 0 Å². The van der Waals surface area contributed by atoms with Crippen molar-refractivity contribution in [2.24, 2.45) is 5.73 Å². The molecule has 0 spiro atoms. The summed E-state index contributed by atoms with van der Waals surface area (Å²) in [4.78, 5) is 0. The van der Waals surface area contributed by atoms with Gasteiger partial charge in [-0.05, 0) is 31.7 Å². The van der Waals surface area contributed by atoms with Gasteiger partial charge < -0.3 is 10.2 Å². The first-order valence-electron chi connectivity index (χ1n) is 5.79. The van der Waals surface area contributed by atoms with E-state index in [2.05, 4.69) is 23.2 Å². The smallest absolute Gasteiger partial charge is 0.183 e. The van der Waals surface area contributed by atoms with Crippen molar-refractivity contribution in [1.82, 2.24) is 10.2 Å². The standard InChI is InChI=1S/C13H13N3OS/c1-8-2-3-10-9(6-8)7-11(17-10)13-16-15-12(18-13)4-5-14/h2-3,6-7H,4-5,14H2,1H3. The molecule has 3 rings (SSSR count). The normalized spacial score (nSPS) is 11.2. The van der Waals surface area contributed by atoms with Crippen molar-refractivity contribution in [3.05, 3.63) is 34.8 Å². The van der Waals surface area contributed by atoms with Gasteiger partial charge in [0.2, 0.25) is 0 Å². The lowest BCUT2D eigenvalue weighted by Gasteiger charge is -1.89. The number of rotatable bonds is 3. The monoisotopic (exact) mass is 259 g/mol. The number of aryl methyl sites for hydroxylation is 1. The first kappa shape index (κ1) is 11.4. The van der Waals surface area contributed by atoms with Gasteiger partial charge in [0.15, 0.2) is 10.8 Å². The molecule has 2 N–H and O–H groups in total. The fourth-order valence-electron chi connectivity index (χ4n) is 1.85. The molecule has 0 aliphatic rings. The Bertz CT molecular complexity index is 686. The van der Waals surface area contributed by atoms with Gasteiger partial charge in [0.05, 0.1) is 0 Å². The van der Waals surface area contributed by atoms with E-state index in [9.17, 15) is 0 Å². The van der Waals surface area contributed by atoms with E-state index in [1.807, 2.05) is 18.2 Å². The van der Waals surface area contributed by atoms with Crippen LogP contribution in [0.2, 0.25) is 0 Å². The van der Waals surface area contributed by atoms with Crippen LogP contribution in [-0.4, -0.2) is 16.7 Å².